The molecule has 2 amide bonds. The number of hydrogen-bond donors (Lipinski definition) is 2. The third-order valence-electron chi connectivity index (χ3n) is 5.21. The molecule has 0 saturated carbocycles. The lowest BCUT2D eigenvalue weighted by atomic mass is 10.0. The number of nitrogens with zero attached hydrogens (tertiary/aromatic N) is 1. The summed E-state index contributed by atoms with van der Waals surface area (Å²) in [6.07, 6.45) is 0.460. The second-order valence-corrected chi connectivity index (χ2v) is 12.8. The van der Waals surface area contributed by atoms with Gasteiger partial charge in [0, 0.05) is 17.8 Å². The molecule has 0 bridgehead atoms. The number of benzene rings is 1. The number of hydrogen-bond acceptors (Lipinski definition) is 7. The van der Waals surface area contributed by atoms with Crippen molar-refractivity contribution in [3.63, 3.8) is 0 Å². The zero-order valence-corrected chi connectivity index (χ0v) is 24.0. The number of ether oxygens (including phenoxy) is 2. The van der Waals surface area contributed by atoms with Gasteiger partial charge in [-0.15, -0.1) is 11.3 Å². The summed E-state index contributed by atoms with van der Waals surface area (Å²) in [5.41, 5.74) is 12.1. The number of esters is 1. The van der Waals surface area contributed by atoms with Crippen LogP contribution in [0, 0.1) is 5.92 Å². The minimum absolute atomic E-state index is 0.147. The van der Waals surface area contributed by atoms with Crippen molar-refractivity contribution in [1.29, 1.82) is 0 Å². The van der Waals surface area contributed by atoms with Crippen LogP contribution in [0.2, 0.25) is 0 Å². The van der Waals surface area contributed by atoms with Gasteiger partial charge in [-0.05, 0) is 71.1 Å². The molecule has 4 N–H and O–H groups in total. The van der Waals surface area contributed by atoms with E-state index < -0.39 is 35.2 Å². The molecule has 0 spiro atoms. The molecular formula is C28H41N3O5S. The van der Waals surface area contributed by atoms with Gasteiger partial charge >= 0.3 is 12.1 Å². The molecule has 1 unspecified atom stereocenters. The highest BCUT2D eigenvalue weighted by atomic mass is 32.1. The third-order valence-corrected chi connectivity index (χ3v) is 6.17. The molecule has 1 aromatic carbocycles. The fraction of sp³-hybridized carbons (Fsp3) is 0.536. The molecule has 0 aliphatic rings. The fourth-order valence-corrected chi connectivity index (χ4v) is 4.65. The third kappa shape index (κ3) is 9.72. The van der Waals surface area contributed by atoms with Gasteiger partial charge in [0.15, 0.2) is 0 Å². The van der Waals surface area contributed by atoms with Crippen LogP contribution in [0.3, 0.4) is 0 Å². The average Bonchev–Trinajstić information content (AvgIpc) is 3.09. The Morgan fingerprint density at radius 1 is 0.946 bits per heavy atom. The van der Waals surface area contributed by atoms with Crippen molar-refractivity contribution >= 4 is 34.3 Å². The van der Waals surface area contributed by atoms with Gasteiger partial charge in [0.25, 0.3) is 5.91 Å². The van der Waals surface area contributed by atoms with Crippen LogP contribution in [0.1, 0.15) is 88.2 Å². The fourth-order valence-electron chi connectivity index (χ4n) is 3.69. The van der Waals surface area contributed by atoms with Crippen molar-refractivity contribution in [3.8, 4) is 0 Å². The average molecular weight is 532 g/mol. The number of rotatable bonds is 9. The highest BCUT2D eigenvalue weighted by molar-refractivity contribution is 7.16. The standard InChI is InChI=1S/C28H41N3O5S/c1-17(2)13-22(25(33)35-27(3,4)5)31(26(34)36-28(6,7)8)16-19-11-9-18(10-12-19)14-20-15-21(23(29)32)24(30)37-20/h9-12,15,17,22H,13-14,16,30H2,1-8H3,(H2,29,32). The summed E-state index contributed by atoms with van der Waals surface area (Å²) in [7, 11) is 0. The lowest BCUT2D eigenvalue weighted by Gasteiger charge is -2.34. The van der Waals surface area contributed by atoms with Gasteiger partial charge in [-0.1, -0.05) is 38.1 Å². The van der Waals surface area contributed by atoms with Gasteiger partial charge in [-0.25, -0.2) is 9.59 Å². The lowest BCUT2D eigenvalue weighted by molar-refractivity contribution is -0.162. The predicted octanol–water partition coefficient (Wildman–Crippen LogP) is 5.51. The number of carbonyl (C=O) groups excluding carboxylic acids is 3. The van der Waals surface area contributed by atoms with Gasteiger partial charge in [0.2, 0.25) is 0 Å². The van der Waals surface area contributed by atoms with Crippen molar-refractivity contribution in [2.45, 2.75) is 92.0 Å². The lowest BCUT2D eigenvalue weighted by Crippen LogP contribution is -2.49. The first-order valence-corrected chi connectivity index (χ1v) is 13.2. The first kappa shape index (κ1) is 30.2. The van der Waals surface area contributed by atoms with Crippen molar-refractivity contribution in [1.82, 2.24) is 4.90 Å². The van der Waals surface area contributed by atoms with Gasteiger partial charge < -0.3 is 20.9 Å². The van der Waals surface area contributed by atoms with Crippen molar-refractivity contribution < 1.29 is 23.9 Å². The van der Waals surface area contributed by atoms with Crippen molar-refractivity contribution in [2.24, 2.45) is 11.7 Å². The molecule has 0 aliphatic carbocycles. The maximum absolute atomic E-state index is 13.3. The first-order chi connectivity index (χ1) is 16.9. The number of nitrogen functional groups attached to an aromatic ring is 1. The van der Waals surface area contributed by atoms with Crippen LogP contribution in [-0.2, 0) is 27.2 Å². The molecule has 0 aliphatic heterocycles. The Labute approximate surface area is 224 Å². The number of nitrogens with two attached hydrogens (primary N) is 2. The number of thiophene rings is 1. The van der Waals surface area contributed by atoms with Crippen LogP contribution in [0.5, 0.6) is 0 Å². The Morgan fingerprint density at radius 3 is 1.95 bits per heavy atom. The van der Waals surface area contributed by atoms with E-state index in [4.69, 9.17) is 20.9 Å². The predicted molar refractivity (Wildman–Crippen MR) is 147 cm³/mol. The maximum Gasteiger partial charge on any atom is 0.411 e. The van der Waals surface area contributed by atoms with Crippen LogP contribution in [0.4, 0.5) is 9.80 Å². The van der Waals surface area contributed by atoms with E-state index in [0.29, 0.717) is 23.4 Å². The highest BCUT2D eigenvalue weighted by Gasteiger charge is 2.36. The van der Waals surface area contributed by atoms with E-state index in [9.17, 15) is 14.4 Å². The second kappa shape index (κ2) is 12.0. The Bertz CT molecular complexity index is 1090. The Kier molecular flexibility index (Phi) is 9.77. The topological polar surface area (TPSA) is 125 Å². The van der Waals surface area contributed by atoms with Crippen LogP contribution in [0.25, 0.3) is 0 Å². The van der Waals surface area contributed by atoms with Crippen LogP contribution >= 0.6 is 11.3 Å². The Balaban J connectivity index is 2.32. The summed E-state index contributed by atoms with van der Waals surface area (Å²) < 4.78 is 11.4. The summed E-state index contributed by atoms with van der Waals surface area (Å²) in [5.74, 6) is -0.851. The van der Waals surface area contributed by atoms with Crippen LogP contribution in [-0.4, -0.2) is 40.1 Å². The van der Waals surface area contributed by atoms with E-state index in [1.54, 1.807) is 26.8 Å². The highest BCUT2D eigenvalue weighted by Crippen LogP contribution is 2.27. The second-order valence-electron chi connectivity index (χ2n) is 11.6. The van der Waals surface area contributed by atoms with Crippen LogP contribution in [0.15, 0.2) is 30.3 Å². The van der Waals surface area contributed by atoms with Gasteiger partial charge in [-0.2, -0.15) is 0 Å². The summed E-state index contributed by atoms with van der Waals surface area (Å²) in [4.78, 5) is 40.4. The Hall–Kier alpha value is -3.07. The molecule has 0 fully saturated rings. The maximum atomic E-state index is 13.3. The van der Waals surface area contributed by atoms with Crippen molar-refractivity contribution in [3.05, 3.63) is 51.9 Å². The number of carbonyl (C=O) groups is 3. The zero-order chi connectivity index (χ0) is 28.1. The number of amides is 2. The molecule has 0 saturated heterocycles. The zero-order valence-electron chi connectivity index (χ0n) is 23.2. The molecule has 2 aromatic rings. The van der Waals surface area contributed by atoms with Crippen molar-refractivity contribution in [2.75, 3.05) is 5.73 Å². The molecular weight excluding hydrogens is 490 g/mol. The molecule has 0 radical (unpaired) electrons. The van der Waals surface area contributed by atoms with Crippen LogP contribution < -0.4 is 11.5 Å². The normalized spacial score (nSPS) is 12.8. The first-order valence-electron chi connectivity index (χ1n) is 12.4. The quantitative estimate of drug-likeness (QED) is 0.411. The van der Waals surface area contributed by atoms with E-state index >= 15 is 0 Å². The summed E-state index contributed by atoms with van der Waals surface area (Å²) in [6, 6.07) is 8.66. The minimum atomic E-state index is -0.796. The van der Waals surface area contributed by atoms with E-state index in [2.05, 4.69) is 0 Å². The summed E-state index contributed by atoms with van der Waals surface area (Å²) in [5, 5.41) is 0.408. The molecule has 2 rings (SSSR count). The minimum Gasteiger partial charge on any atom is -0.458 e. The molecule has 37 heavy (non-hydrogen) atoms. The summed E-state index contributed by atoms with van der Waals surface area (Å²) >= 11 is 1.33. The van der Waals surface area contributed by atoms with Gasteiger partial charge in [0.05, 0.1) is 10.6 Å². The van der Waals surface area contributed by atoms with E-state index in [1.165, 1.54) is 16.2 Å². The van der Waals surface area contributed by atoms with E-state index in [0.717, 1.165) is 16.0 Å². The number of primary amides is 1. The smallest absolute Gasteiger partial charge is 0.411 e. The molecule has 9 heteroatoms. The SMILES string of the molecule is CC(C)CC(C(=O)OC(C)(C)C)N(Cc1ccc(Cc2cc(C(N)=O)c(N)s2)cc1)C(=O)OC(C)(C)C. The number of anilines is 1. The molecule has 1 atom stereocenters. The largest absolute Gasteiger partial charge is 0.458 e. The molecule has 1 heterocycles. The summed E-state index contributed by atoms with van der Waals surface area (Å²) in [6.45, 7) is 15.0. The Morgan fingerprint density at radius 2 is 1.49 bits per heavy atom. The van der Waals surface area contributed by atoms with E-state index in [1.807, 2.05) is 58.9 Å². The molecule has 1 aromatic heterocycles. The monoisotopic (exact) mass is 531 g/mol. The molecule has 204 valence electrons. The van der Waals surface area contributed by atoms with Gasteiger partial charge in [0.1, 0.15) is 17.2 Å². The van der Waals surface area contributed by atoms with Gasteiger partial charge in [-0.3, -0.25) is 9.69 Å². The van der Waals surface area contributed by atoms with E-state index in [-0.39, 0.29) is 12.5 Å². The molecule has 8 nitrogen and oxygen atoms in total.